The van der Waals surface area contributed by atoms with Crippen molar-refractivity contribution >= 4 is 17.3 Å². The van der Waals surface area contributed by atoms with E-state index in [0.29, 0.717) is 12.1 Å². The minimum atomic E-state index is -4.35. The van der Waals surface area contributed by atoms with E-state index >= 15 is 0 Å². The molecular formula is C23H27Cl2F3N2OS. The van der Waals surface area contributed by atoms with Crippen LogP contribution in [0.4, 0.5) is 13.2 Å². The summed E-state index contributed by atoms with van der Waals surface area (Å²) >= 11 is 1.53. The molecule has 32 heavy (non-hydrogen) atoms. The number of rotatable bonds is 5. The normalized spacial score (nSPS) is 17.8. The summed E-state index contributed by atoms with van der Waals surface area (Å²) in [7, 11) is 0. The highest BCUT2D eigenvalue weighted by Gasteiger charge is 2.32. The van der Waals surface area contributed by atoms with E-state index in [1.807, 2.05) is 24.3 Å². The number of β-amino-alcohol motifs (C(OH)–C–C–N with tert-alkyl or cyclic N) is 1. The maximum atomic E-state index is 13.3. The standard InChI is InChI=1S/C23H25F3N2OS.2ClH/c24-23(25,26)17-7-8-22-20(16-17)18(19-4-1-2-6-21(19)30-22)5-3-9-27-10-12-28(13-11-27)14-15-29;;/h1-2,4-8,16,29H,3,9-15H2;2*1H. The Morgan fingerprint density at radius 3 is 2.19 bits per heavy atom. The number of aliphatic hydroxyl groups is 1. The summed E-state index contributed by atoms with van der Waals surface area (Å²) in [5.41, 5.74) is 1.96. The Labute approximate surface area is 206 Å². The van der Waals surface area contributed by atoms with Gasteiger partial charge in [-0.25, -0.2) is 0 Å². The Bertz CT molecular complexity index is 943. The fraction of sp³-hybridized carbons (Fsp3) is 0.391. The summed E-state index contributed by atoms with van der Waals surface area (Å²) in [5, 5.41) is 9.06. The van der Waals surface area contributed by atoms with Crippen LogP contribution in [0.1, 0.15) is 26.0 Å². The molecule has 0 aliphatic carbocycles. The molecule has 4 rings (SSSR count). The number of aliphatic hydroxyl groups excluding tert-OH is 1. The molecule has 0 bridgehead atoms. The minimum absolute atomic E-state index is 0. The van der Waals surface area contributed by atoms with Crippen LogP contribution in [-0.2, 0) is 6.18 Å². The Morgan fingerprint density at radius 1 is 0.906 bits per heavy atom. The van der Waals surface area contributed by atoms with E-state index in [4.69, 9.17) is 5.11 Å². The van der Waals surface area contributed by atoms with Gasteiger partial charge in [0, 0.05) is 49.1 Å². The molecule has 2 aromatic carbocycles. The molecule has 0 amide bonds. The minimum Gasteiger partial charge on any atom is -1.00 e. The van der Waals surface area contributed by atoms with Gasteiger partial charge in [0.2, 0.25) is 0 Å². The van der Waals surface area contributed by atoms with Crippen molar-refractivity contribution in [3.05, 3.63) is 65.2 Å². The van der Waals surface area contributed by atoms with Crippen molar-refractivity contribution in [2.75, 3.05) is 45.9 Å². The van der Waals surface area contributed by atoms with Crippen molar-refractivity contribution < 1.29 is 45.9 Å². The molecule has 1 N–H and O–H groups in total. The predicted octanol–water partition coefficient (Wildman–Crippen LogP) is -1.17. The molecule has 2 aliphatic rings. The number of alkyl halides is 3. The van der Waals surface area contributed by atoms with Crippen molar-refractivity contribution in [1.82, 2.24) is 9.80 Å². The Kier molecular flexibility index (Phi) is 9.94. The number of hydrogen-bond acceptors (Lipinski definition) is 4. The van der Waals surface area contributed by atoms with Gasteiger partial charge in [-0.15, -0.1) is 0 Å². The van der Waals surface area contributed by atoms with E-state index < -0.39 is 11.7 Å². The first-order chi connectivity index (χ1) is 14.5. The van der Waals surface area contributed by atoms with Crippen LogP contribution in [0.3, 0.4) is 0 Å². The van der Waals surface area contributed by atoms with Crippen LogP contribution in [0.2, 0.25) is 0 Å². The maximum Gasteiger partial charge on any atom is 1.00 e. The third-order valence-corrected chi connectivity index (χ3v) is 6.82. The summed E-state index contributed by atoms with van der Waals surface area (Å²) in [6.45, 7) is 5.55. The van der Waals surface area contributed by atoms with Crippen LogP contribution in [0.15, 0.2) is 58.3 Å². The zero-order chi connectivity index (χ0) is 21.1. The zero-order valence-corrected chi connectivity index (χ0v) is 19.7. The van der Waals surface area contributed by atoms with E-state index in [1.54, 1.807) is 6.07 Å². The first kappa shape index (κ1) is 27.0. The SMILES string of the molecule is OCCN1CCN(CCC=C2c3ccccc3Sc3ccc(C(F)(F)F)cc32)CC1.[Cl-].[Cl-].[H+].[H+]. The van der Waals surface area contributed by atoms with Crippen molar-refractivity contribution in [1.29, 1.82) is 0 Å². The number of benzene rings is 2. The lowest BCUT2D eigenvalue weighted by molar-refractivity contribution is -0.137. The highest BCUT2D eigenvalue weighted by atomic mass is 35.5. The molecule has 3 nitrogen and oxygen atoms in total. The molecule has 0 unspecified atom stereocenters. The molecule has 2 aromatic rings. The molecule has 1 saturated heterocycles. The molecule has 0 saturated carbocycles. The first-order valence-corrected chi connectivity index (χ1v) is 11.0. The fourth-order valence-electron chi connectivity index (χ4n) is 4.04. The molecule has 1 fully saturated rings. The number of piperazine rings is 1. The summed E-state index contributed by atoms with van der Waals surface area (Å²) in [4.78, 5) is 6.57. The van der Waals surface area contributed by atoms with Gasteiger partial charge in [0.1, 0.15) is 0 Å². The van der Waals surface area contributed by atoms with Gasteiger partial charge < -0.3 is 34.8 Å². The molecule has 0 radical (unpaired) electrons. The van der Waals surface area contributed by atoms with E-state index in [-0.39, 0.29) is 34.3 Å². The average Bonchev–Trinajstić information content (AvgIpc) is 2.73. The summed E-state index contributed by atoms with van der Waals surface area (Å²) in [5.74, 6) is 0. The van der Waals surface area contributed by atoms with E-state index in [1.165, 1.54) is 23.9 Å². The van der Waals surface area contributed by atoms with Crippen LogP contribution in [-0.4, -0.2) is 60.8 Å². The van der Waals surface area contributed by atoms with Gasteiger partial charge in [0.05, 0.1) is 12.2 Å². The summed E-state index contributed by atoms with van der Waals surface area (Å²) in [6, 6.07) is 12.0. The van der Waals surface area contributed by atoms with E-state index in [9.17, 15) is 13.2 Å². The van der Waals surface area contributed by atoms with E-state index in [2.05, 4.69) is 15.9 Å². The Balaban J connectivity index is 0.00000272. The van der Waals surface area contributed by atoms with Crippen LogP contribution >= 0.6 is 11.8 Å². The second-order valence-electron chi connectivity index (χ2n) is 7.62. The van der Waals surface area contributed by atoms with Gasteiger partial charge >= 0.3 is 9.03 Å². The second kappa shape index (κ2) is 11.8. The van der Waals surface area contributed by atoms with Crippen LogP contribution in [0.25, 0.3) is 5.57 Å². The predicted molar refractivity (Wildman–Crippen MR) is 116 cm³/mol. The van der Waals surface area contributed by atoms with Gasteiger partial charge in [-0.3, -0.25) is 4.90 Å². The average molecular weight is 507 g/mol. The number of hydrogen-bond donors (Lipinski definition) is 1. The number of nitrogens with zero attached hydrogens (tertiary/aromatic N) is 2. The zero-order valence-electron chi connectivity index (χ0n) is 19.4. The number of fused-ring (bicyclic) bond motifs is 2. The molecule has 0 aromatic heterocycles. The number of halogens is 5. The molecule has 9 heteroatoms. The second-order valence-corrected chi connectivity index (χ2v) is 8.70. The Morgan fingerprint density at radius 2 is 1.53 bits per heavy atom. The van der Waals surface area contributed by atoms with E-state index in [0.717, 1.165) is 60.1 Å². The van der Waals surface area contributed by atoms with Crippen molar-refractivity contribution in [2.45, 2.75) is 22.4 Å². The van der Waals surface area contributed by atoms with Crippen LogP contribution < -0.4 is 24.8 Å². The fourth-order valence-corrected chi connectivity index (χ4v) is 5.12. The summed E-state index contributed by atoms with van der Waals surface area (Å²) < 4.78 is 39.9. The van der Waals surface area contributed by atoms with Gasteiger partial charge in [-0.1, -0.05) is 36.0 Å². The van der Waals surface area contributed by atoms with Gasteiger partial charge in [0.15, 0.2) is 0 Å². The topological polar surface area (TPSA) is 26.7 Å². The van der Waals surface area contributed by atoms with Gasteiger partial charge in [0.25, 0.3) is 0 Å². The third kappa shape index (κ3) is 6.22. The molecule has 176 valence electrons. The Hall–Kier alpha value is -1.22. The first-order valence-electron chi connectivity index (χ1n) is 10.2. The van der Waals surface area contributed by atoms with Crippen molar-refractivity contribution in [2.24, 2.45) is 0 Å². The monoisotopic (exact) mass is 506 g/mol. The lowest BCUT2D eigenvalue weighted by Crippen LogP contribution is -3.00. The quantitative estimate of drug-likeness (QED) is 0.472. The molecule has 0 atom stereocenters. The van der Waals surface area contributed by atoms with Crippen LogP contribution in [0.5, 0.6) is 0 Å². The van der Waals surface area contributed by atoms with Gasteiger partial charge in [-0.2, -0.15) is 13.2 Å². The highest BCUT2D eigenvalue weighted by molar-refractivity contribution is 7.99. The molecule has 2 aliphatic heterocycles. The third-order valence-electron chi connectivity index (χ3n) is 5.67. The van der Waals surface area contributed by atoms with Crippen molar-refractivity contribution in [3.8, 4) is 0 Å². The van der Waals surface area contributed by atoms with Crippen molar-refractivity contribution in [3.63, 3.8) is 0 Å². The smallest absolute Gasteiger partial charge is 1.00 e. The van der Waals surface area contributed by atoms with Gasteiger partial charge in [-0.05, 0) is 47.4 Å². The molecule has 0 spiro atoms. The maximum absolute atomic E-state index is 13.3. The highest BCUT2D eigenvalue weighted by Crippen LogP contribution is 2.47. The lowest BCUT2D eigenvalue weighted by atomic mass is 9.94. The summed E-state index contributed by atoms with van der Waals surface area (Å²) in [6.07, 6.45) is -1.47. The molecular weight excluding hydrogens is 480 g/mol. The largest absolute Gasteiger partial charge is 1.00 e. The molecule has 2 heterocycles. The lowest BCUT2D eigenvalue weighted by Gasteiger charge is -2.34. The van der Waals surface area contributed by atoms with Crippen LogP contribution in [0, 0.1) is 0 Å².